The maximum atomic E-state index is 4.90. The van der Waals surface area contributed by atoms with Gasteiger partial charge in [0.15, 0.2) is 0 Å². The first-order chi connectivity index (χ1) is 9.93. The van der Waals surface area contributed by atoms with Crippen LogP contribution in [0.4, 0.5) is 5.69 Å². The van der Waals surface area contributed by atoms with E-state index in [0.717, 1.165) is 5.92 Å². The molecule has 0 aliphatic heterocycles. The third-order valence-electron chi connectivity index (χ3n) is 4.63. The highest BCUT2D eigenvalue weighted by molar-refractivity contribution is 5.89. The van der Waals surface area contributed by atoms with E-state index in [1.54, 1.807) is 0 Å². The van der Waals surface area contributed by atoms with Crippen molar-refractivity contribution in [3.8, 4) is 0 Å². The van der Waals surface area contributed by atoms with E-state index in [1.807, 2.05) is 7.05 Å². The molecule has 1 aliphatic carbocycles. The monoisotopic (exact) mass is 286 g/mol. The van der Waals surface area contributed by atoms with Crippen molar-refractivity contribution in [3.05, 3.63) is 29.3 Å². The number of nitrogens with one attached hydrogen (secondary N) is 1. The van der Waals surface area contributed by atoms with Crippen LogP contribution in [0.25, 0.3) is 0 Å². The molecule has 0 saturated heterocycles. The van der Waals surface area contributed by atoms with Crippen molar-refractivity contribution in [2.45, 2.75) is 64.8 Å². The smallest absolute Gasteiger partial charge is 0.0525 e. The Morgan fingerprint density at radius 3 is 2.52 bits per heavy atom. The Kier molecular flexibility index (Phi) is 5.08. The summed E-state index contributed by atoms with van der Waals surface area (Å²) in [6.45, 7) is 9.11. The minimum absolute atomic E-state index is 0.139. The lowest BCUT2D eigenvalue weighted by atomic mass is 9.84. The highest BCUT2D eigenvalue weighted by Crippen LogP contribution is 2.32. The maximum absolute atomic E-state index is 4.90. The second kappa shape index (κ2) is 6.64. The number of hydrogen-bond acceptors (Lipinski definition) is 2. The predicted octanol–water partition coefficient (Wildman–Crippen LogP) is 5.02. The Labute approximate surface area is 130 Å². The van der Waals surface area contributed by atoms with E-state index in [4.69, 9.17) is 4.99 Å². The first-order valence-corrected chi connectivity index (χ1v) is 8.28. The van der Waals surface area contributed by atoms with Crippen LogP contribution in [0.2, 0.25) is 0 Å². The average molecular weight is 286 g/mol. The number of anilines is 1. The van der Waals surface area contributed by atoms with Crippen molar-refractivity contribution < 1.29 is 0 Å². The van der Waals surface area contributed by atoms with Gasteiger partial charge in [0.1, 0.15) is 0 Å². The van der Waals surface area contributed by atoms with Crippen molar-refractivity contribution in [3.63, 3.8) is 0 Å². The average Bonchev–Trinajstić information content (AvgIpc) is 2.45. The molecule has 0 aromatic heterocycles. The van der Waals surface area contributed by atoms with Gasteiger partial charge >= 0.3 is 0 Å². The van der Waals surface area contributed by atoms with E-state index >= 15 is 0 Å². The molecule has 2 atom stereocenters. The van der Waals surface area contributed by atoms with Crippen molar-refractivity contribution in [2.24, 2.45) is 10.9 Å². The number of aliphatic imine (C=N–C) groups is 1. The van der Waals surface area contributed by atoms with Crippen molar-refractivity contribution in [2.75, 3.05) is 12.4 Å². The normalized spacial score (nSPS) is 23.5. The van der Waals surface area contributed by atoms with Crippen LogP contribution in [-0.2, 0) is 5.41 Å². The fourth-order valence-electron chi connectivity index (χ4n) is 3.28. The fourth-order valence-corrected chi connectivity index (χ4v) is 3.28. The van der Waals surface area contributed by atoms with Crippen LogP contribution in [0.5, 0.6) is 0 Å². The van der Waals surface area contributed by atoms with Crippen LogP contribution in [0.1, 0.15) is 64.5 Å². The SMILES string of the molecule is CNc1c(C=NC2CCCCC2C)cccc1C(C)(C)C. The summed E-state index contributed by atoms with van der Waals surface area (Å²) in [5.74, 6) is 0.721. The second-order valence-electron chi connectivity index (χ2n) is 7.38. The molecule has 0 heterocycles. The van der Waals surface area contributed by atoms with Gasteiger partial charge in [0, 0.05) is 24.5 Å². The molecule has 116 valence electrons. The third-order valence-corrected chi connectivity index (χ3v) is 4.63. The van der Waals surface area contributed by atoms with Crippen molar-refractivity contribution in [1.29, 1.82) is 0 Å². The van der Waals surface area contributed by atoms with Crippen LogP contribution in [-0.4, -0.2) is 19.3 Å². The summed E-state index contributed by atoms with van der Waals surface area (Å²) in [6.07, 6.45) is 7.35. The topological polar surface area (TPSA) is 24.4 Å². The van der Waals surface area contributed by atoms with Gasteiger partial charge in [-0.15, -0.1) is 0 Å². The van der Waals surface area contributed by atoms with E-state index in [2.05, 4.69) is 57.4 Å². The van der Waals surface area contributed by atoms with Gasteiger partial charge in [0.05, 0.1) is 6.04 Å². The summed E-state index contributed by atoms with van der Waals surface area (Å²) in [4.78, 5) is 4.90. The summed E-state index contributed by atoms with van der Waals surface area (Å²) >= 11 is 0. The molecule has 21 heavy (non-hydrogen) atoms. The molecule has 1 aromatic carbocycles. The molecule has 0 spiro atoms. The lowest BCUT2D eigenvalue weighted by Gasteiger charge is -2.26. The Bertz CT molecular complexity index is 497. The molecule has 2 rings (SSSR count). The highest BCUT2D eigenvalue weighted by Gasteiger charge is 2.21. The molecule has 2 unspecified atom stereocenters. The molecular formula is C19H30N2. The predicted molar refractivity (Wildman–Crippen MR) is 93.7 cm³/mol. The van der Waals surface area contributed by atoms with Gasteiger partial charge in [0.25, 0.3) is 0 Å². The Morgan fingerprint density at radius 1 is 1.19 bits per heavy atom. The number of para-hydroxylation sites is 1. The van der Waals surface area contributed by atoms with Gasteiger partial charge in [-0.05, 0) is 29.7 Å². The maximum Gasteiger partial charge on any atom is 0.0525 e. The van der Waals surface area contributed by atoms with Gasteiger partial charge in [-0.2, -0.15) is 0 Å². The van der Waals surface area contributed by atoms with E-state index in [1.165, 1.54) is 42.5 Å². The summed E-state index contributed by atoms with van der Waals surface area (Å²) in [5.41, 5.74) is 3.92. The molecule has 0 amide bonds. The number of nitrogens with zero attached hydrogens (tertiary/aromatic N) is 1. The van der Waals surface area contributed by atoms with Gasteiger partial charge in [-0.3, -0.25) is 4.99 Å². The first-order valence-electron chi connectivity index (χ1n) is 8.28. The standard InChI is InChI=1S/C19H30N2/c1-14-9-6-7-12-17(14)21-13-15-10-8-11-16(18(15)20-5)19(2,3)4/h8,10-11,13-14,17,20H,6-7,9,12H2,1-5H3. The Balaban J connectivity index is 2.27. The minimum atomic E-state index is 0.139. The Hall–Kier alpha value is -1.31. The molecule has 1 fully saturated rings. The number of benzene rings is 1. The van der Waals surface area contributed by atoms with Gasteiger partial charge < -0.3 is 5.32 Å². The Morgan fingerprint density at radius 2 is 1.90 bits per heavy atom. The molecule has 2 heteroatoms. The minimum Gasteiger partial charge on any atom is -0.387 e. The molecule has 1 aliphatic rings. The van der Waals surface area contributed by atoms with E-state index in [9.17, 15) is 0 Å². The van der Waals surface area contributed by atoms with E-state index < -0.39 is 0 Å². The largest absolute Gasteiger partial charge is 0.387 e. The number of rotatable bonds is 3. The second-order valence-corrected chi connectivity index (χ2v) is 7.38. The lowest BCUT2D eigenvalue weighted by Crippen LogP contribution is -2.20. The molecule has 1 aromatic rings. The van der Waals surface area contributed by atoms with E-state index in [0.29, 0.717) is 6.04 Å². The zero-order valence-electron chi connectivity index (χ0n) is 14.2. The zero-order chi connectivity index (χ0) is 15.5. The van der Waals surface area contributed by atoms with Crippen LogP contribution < -0.4 is 5.32 Å². The summed E-state index contributed by atoms with van der Waals surface area (Å²) in [6, 6.07) is 7.03. The van der Waals surface area contributed by atoms with Gasteiger partial charge in [0.2, 0.25) is 0 Å². The number of hydrogen-bond donors (Lipinski definition) is 1. The molecule has 1 N–H and O–H groups in total. The third kappa shape index (κ3) is 3.87. The fraction of sp³-hybridized carbons (Fsp3) is 0.632. The zero-order valence-corrected chi connectivity index (χ0v) is 14.2. The van der Waals surface area contributed by atoms with Crippen LogP contribution in [0, 0.1) is 5.92 Å². The first kappa shape index (κ1) is 16.1. The molecule has 0 bridgehead atoms. The quantitative estimate of drug-likeness (QED) is 0.775. The molecule has 0 radical (unpaired) electrons. The lowest BCUT2D eigenvalue weighted by molar-refractivity contribution is 0.333. The summed E-state index contributed by atoms with van der Waals surface area (Å²) in [5, 5.41) is 3.38. The van der Waals surface area contributed by atoms with Gasteiger partial charge in [-0.25, -0.2) is 0 Å². The summed E-state index contributed by atoms with van der Waals surface area (Å²) in [7, 11) is 2.01. The van der Waals surface area contributed by atoms with E-state index in [-0.39, 0.29) is 5.41 Å². The van der Waals surface area contributed by atoms with Gasteiger partial charge in [-0.1, -0.05) is 58.7 Å². The van der Waals surface area contributed by atoms with Crippen molar-refractivity contribution >= 4 is 11.9 Å². The summed E-state index contributed by atoms with van der Waals surface area (Å²) < 4.78 is 0. The molecular weight excluding hydrogens is 256 g/mol. The van der Waals surface area contributed by atoms with Crippen LogP contribution in [0.15, 0.2) is 23.2 Å². The molecule has 2 nitrogen and oxygen atoms in total. The molecule has 1 saturated carbocycles. The van der Waals surface area contributed by atoms with Crippen molar-refractivity contribution in [1.82, 2.24) is 0 Å². The van der Waals surface area contributed by atoms with Crippen LogP contribution >= 0.6 is 0 Å². The van der Waals surface area contributed by atoms with Crippen LogP contribution in [0.3, 0.4) is 0 Å². The highest BCUT2D eigenvalue weighted by atomic mass is 14.8.